The molecule has 0 spiro atoms. The highest BCUT2D eigenvalue weighted by Gasteiger charge is 2.39. The first-order chi connectivity index (χ1) is 7.72. The average molecular weight is 219 g/mol. The average Bonchev–Trinajstić information content (AvgIpc) is 2.75. The lowest BCUT2D eigenvalue weighted by molar-refractivity contribution is 0.387. The zero-order valence-electron chi connectivity index (χ0n) is 9.50. The molecule has 0 aliphatic carbocycles. The number of nitrogens with zero attached hydrogens (tertiary/aromatic N) is 4. The Labute approximate surface area is 95.2 Å². The van der Waals surface area contributed by atoms with Crippen LogP contribution < -0.4 is 10.6 Å². The topological polar surface area (TPSA) is 58.3 Å². The second-order valence-electron chi connectivity index (χ2n) is 4.96. The highest BCUT2D eigenvalue weighted by atomic mass is 15.3. The fourth-order valence-electron chi connectivity index (χ4n) is 2.92. The largest absolute Gasteiger partial charge is 0.382 e. The summed E-state index contributed by atoms with van der Waals surface area (Å²) in [6, 6.07) is 3.79. The molecule has 2 saturated heterocycles. The van der Waals surface area contributed by atoms with Gasteiger partial charge in [-0.15, -0.1) is 10.2 Å². The molecule has 86 valence electrons. The number of nitrogen functional groups attached to an aromatic ring is 1. The molecule has 0 bridgehead atoms. The molecule has 1 aromatic heterocycles. The molecule has 0 unspecified atom stereocenters. The number of anilines is 2. The van der Waals surface area contributed by atoms with Crippen LogP contribution in [0.25, 0.3) is 0 Å². The van der Waals surface area contributed by atoms with E-state index in [1.54, 1.807) is 0 Å². The van der Waals surface area contributed by atoms with E-state index in [9.17, 15) is 0 Å². The monoisotopic (exact) mass is 219 g/mol. The molecule has 3 heterocycles. The standard InChI is InChI=1S/C11H17N5/c1-15-4-8-6-16(7-9(8)5-15)11-3-2-10(12)13-14-11/h2-3,8-9H,4-7H2,1H3,(H2,12,13)/t8-,9+. The lowest BCUT2D eigenvalue weighted by atomic mass is 10.0. The van der Waals surface area contributed by atoms with Gasteiger partial charge in [-0.05, 0) is 31.0 Å². The molecule has 0 radical (unpaired) electrons. The molecular formula is C11H17N5. The van der Waals surface area contributed by atoms with Crippen molar-refractivity contribution in [3.63, 3.8) is 0 Å². The van der Waals surface area contributed by atoms with Gasteiger partial charge in [0.15, 0.2) is 5.82 Å². The van der Waals surface area contributed by atoms with E-state index in [1.807, 2.05) is 12.1 Å². The molecule has 5 nitrogen and oxygen atoms in total. The molecule has 2 aliphatic rings. The van der Waals surface area contributed by atoms with Crippen molar-refractivity contribution >= 4 is 11.6 Å². The van der Waals surface area contributed by atoms with Gasteiger partial charge in [-0.1, -0.05) is 0 Å². The zero-order chi connectivity index (χ0) is 11.1. The van der Waals surface area contributed by atoms with E-state index in [0.29, 0.717) is 5.82 Å². The highest BCUT2D eigenvalue weighted by molar-refractivity contribution is 5.42. The Balaban J connectivity index is 1.73. The van der Waals surface area contributed by atoms with Crippen LogP contribution in [0.3, 0.4) is 0 Å². The Bertz CT molecular complexity index is 362. The summed E-state index contributed by atoms with van der Waals surface area (Å²) in [6.07, 6.45) is 0. The van der Waals surface area contributed by atoms with E-state index >= 15 is 0 Å². The van der Waals surface area contributed by atoms with Crippen LogP contribution in [-0.2, 0) is 0 Å². The molecule has 0 saturated carbocycles. The van der Waals surface area contributed by atoms with Crippen molar-refractivity contribution in [2.45, 2.75) is 0 Å². The first kappa shape index (κ1) is 9.84. The van der Waals surface area contributed by atoms with Crippen molar-refractivity contribution in [1.29, 1.82) is 0 Å². The van der Waals surface area contributed by atoms with Gasteiger partial charge in [-0.2, -0.15) is 0 Å². The number of rotatable bonds is 1. The van der Waals surface area contributed by atoms with Crippen LogP contribution in [0.2, 0.25) is 0 Å². The third-order valence-electron chi connectivity index (χ3n) is 3.66. The molecule has 16 heavy (non-hydrogen) atoms. The molecule has 2 aliphatic heterocycles. The van der Waals surface area contributed by atoms with Crippen LogP contribution in [0.1, 0.15) is 0 Å². The number of hydrogen-bond acceptors (Lipinski definition) is 5. The molecule has 0 amide bonds. The third kappa shape index (κ3) is 1.61. The summed E-state index contributed by atoms with van der Waals surface area (Å²) in [5, 5.41) is 8.05. The fraction of sp³-hybridized carbons (Fsp3) is 0.636. The van der Waals surface area contributed by atoms with Crippen molar-refractivity contribution in [3.05, 3.63) is 12.1 Å². The van der Waals surface area contributed by atoms with Crippen LogP contribution in [0.15, 0.2) is 12.1 Å². The van der Waals surface area contributed by atoms with E-state index in [1.165, 1.54) is 13.1 Å². The normalized spacial score (nSPS) is 29.7. The molecule has 3 rings (SSSR count). The summed E-state index contributed by atoms with van der Waals surface area (Å²) < 4.78 is 0. The van der Waals surface area contributed by atoms with Gasteiger partial charge in [0, 0.05) is 26.2 Å². The van der Waals surface area contributed by atoms with Crippen LogP contribution in [0.5, 0.6) is 0 Å². The van der Waals surface area contributed by atoms with Crippen molar-refractivity contribution in [1.82, 2.24) is 15.1 Å². The quantitative estimate of drug-likeness (QED) is 0.723. The SMILES string of the molecule is CN1C[C@@H]2CN(c3ccc(N)nn3)C[C@@H]2C1. The van der Waals surface area contributed by atoms with Gasteiger partial charge in [-0.3, -0.25) is 0 Å². The first-order valence-electron chi connectivity index (χ1n) is 5.75. The van der Waals surface area contributed by atoms with E-state index < -0.39 is 0 Å². The lowest BCUT2D eigenvalue weighted by Gasteiger charge is -2.19. The minimum atomic E-state index is 0.489. The third-order valence-corrected chi connectivity index (χ3v) is 3.66. The molecule has 2 atom stereocenters. The maximum Gasteiger partial charge on any atom is 0.151 e. The Morgan fingerprint density at radius 3 is 2.38 bits per heavy atom. The summed E-state index contributed by atoms with van der Waals surface area (Å²) >= 11 is 0. The van der Waals surface area contributed by atoms with Crippen LogP contribution >= 0.6 is 0 Å². The molecule has 0 aromatic carbocycles. The van der Waals surface area contributed by atoms with Crippen molar-refractivity contribution in [2.24, 2.45) is 11.8 Å². The molecule has 1 aromatic rings. The van der Waals surface area contributed by atoms with Crippen molar-refractivity contribution in [3.8, 4) is 0 Å². The van der Waals surface area contributed by atoms with Gasteiger partial charge in [-0.25, -0.2) is 0 Å². The van der Waals surface area contributed by atoms with Gasteiger partial charge in [0.2, 0.25) is 0 Å². The van der Waals surface area contributed by atoms with E-state index in [4.69, 9.17) is 5.73 Å². The Kier molecular flexibility index (Phi) is 2.21. The Morgan fingerprint density at radius 2 is 1.81 bits per heavy atom. The van der Waals surface area contributed by atoms with Crippen molar-refractivity contribution < 1.29 is 0 Å². The molecular weight excluding hydrogens is 202 g/mol. The molecule has 5 heteroatoms. The number of hydrogen-bond donors (Lipinski definition) is 1. The second-order valence-corrected chi connectivity index (χ2v) is 4.96. The highest BCUT2D eigenvalue weighted by Crippen LogP contribution is 2.32. The first-order valence-corrected chi connectivity index (χ1v) is 5.75. The van der Waals surface area contributed by atoms with E-state index in [-0.39, 0.29) is 0 Å². The number of fused-ring (bicyclic) bond motifs is 1. The van der Waals surface area contributed by atoms with Crippen LogP contribution in [0.4, 0.5) is 11.6 Å². The minimum Gasteiger partial charge on any atom is -0.382 e. The summed E-state index contributed by atoms with van der Waals surface area (Å²) in [5.41, 5.74) is 5.54. The predicted octanol–water partition coefficient (Wildman–Crippen LogP) is 0.0566. The van der Waals surface area contributed by atoms with Gasteiger partial charge in [0.1, 0.15) is 5.82 Å². The van der Waals surface area contributed by atoms with Gasteiger partial charge < -0.3 is 15.5 Å². The van der Waals surface area contributed by atoms with Gasteiger partial charge in [0.25, 0.3) is 0 Å². The van der Waals surface area contributed by atoms with Gasteiger partial charge in [0.05, 0.1) is 0 Å². The summed E-state index contributed by atoms with van der Waals surface area (Å²) in [7, 11) is 2.20. The zero-order valence-corrected chi connectivity index (χ0v) is 9.50. The lowest BCUT2D eigenvalue weighted by Crippen LogP contribution is -2.27. The second kappa shape index (κ2) is 3.59. The van der Waals surface area contributed by atoms with Crippen molar-refractivity contribution in [2.75, 3.05) is 43.9 Å². The Hall–Kier alpha value is -1.36. The summed E-state index contributed by atoms with van der Waals surface area (Å²) in [4.78, 5) is 4.75. The molecule has 2 fully saturated rings. The minimum absolute atomic E-state index is 0.489. The van der Waals surface area contributed by atoms with Gasteiger partial charge >= 0.3 is 0 Å². The smallest absolute Gasteiger partial charge is 0.151 e. The maximum atomic E-state index is 5.54. The van der Waals surface area contributed by atoms with E-state index in [2.05, 4.69) is 27.0 Å². The van der Waals surface area contributed by atoms with E-state index in [0.717, 1.165) is 30.7 Å². The fourth-order valence-corrected chi connectivity index (χ4v) is 2.92. The maximum absolute atomic E-state index is 5.54. The molecule has 2 N–H and O–H groups in total. The van der Waals surface area contributed by atoms with Crippen LogP contribution in [0, 0.1) is 11.8 Å². The Morgan fingerprint density at radius 1 is 1.12 bits per heavy atom. The summed E-state index contributed by atoms with van der Waals surface area (Å²) in [6.45, 7) is 4.63. The summed E-state index contributed by atoms with van der Waals surface area (Å²) in [5.74, 6) is 3.04. The van der Waals surface area contributed by atoms with Crippen LogP contribution in [-0.4, -0.2) is 48.3 Å². The number of nitrogens with two attached hydrogens (primary N) is 1. The number of aromatic nitrogens is 2. The number of likely N-dealkylation sites (tertiary alicyclic amines) is 1. The predicted molar refractivity (Wildman–Crippen MR) is 63.1 cm³/mol.